The van der Waals surface area contributed by atoms with E-state index in [9.17, 15) is 8.42 Å². The van der Waals surface area contributed by atoms with Gasteiger partial charge in [0, 0.05) is 17.0 Å². The highest BCUT2D eigenvalue weighted by molar-refractivity contribution is 7.92. The van der Waals surface area contributed by atoms with E-state index in [1.54, 1.807) is 36.4 Å². The molecule has 2 aromatic rings. The topological polar surface area (TPSA) is 60.2 Å². The van der Waals surface area contributed by atoms with Crippen molar-refractivity contribution in [1.29, 1.82) is 0 Å². The van der Waals surface area contributed by atoms with Crippen LogP contribution in [0, 0.1) is 6.92 Å². The lowest BCUT2D eigenvalue weighted by atomic mass is 10.1. The molecule has 0 unspecified atom stereocenters. The van der Waals surface area contributed by atoms with Crippen LogP contribution in [0.5, 0.6) is 0 Å². The maximum atomic E-state index is 12.7. The zero-order chi connectivity index (χ0) is 15.2. The summed E-state index contributed by atoms with van der Waals surface area (Å²) in [5.74, 6) is -0.159. The average Bonchev–Trinajstić information content (AvgIpc) is 3.12. The average molecular weight is 322 g/mol. The van der Waals surface area contributed by atoms with Crippen molar-refractivity contribution in [2.45, 2.75) is 29.0 Å². The van der Waals surface area contributed by atoms with Crippen molar-refractivity contribution < 1.29 is 8.42 Å². The summed E-state index contributed by atoms with van der Waals surface area (Å²) in [7, 11) is -3.40. The van der Waals surface area contributed by atoms with Crippen LogP contribution >= 0.6 is 11.6 Å². The number of sulfone groups is 1. The van der Waals surface area contributed by atoms with Gasteiger partial charge < -0.3 is 5.73 Å². The first-order valence-corrected chi connectivity index (χ1v) is 8.65. The summed E-state index contributed by atoms with van der Waals surface area (Å²) in [6, 6.07) is 13.8. The highest BCUT2D eigenvalue weighted by atomic mass is 35.5. The highest BCUT2D eigenvalue weighted by Gasteiger charge is 2.57. The van der Waals surface area contributed by atoms with E-state index in [-0.39, 0.29) is 12.0 Å². The Morgan fingerprint density at radius 1 is 1.00 bits per heavy atom. The number of benzene rings is 2. The lowest BCUT2D eigenvalue weighted by Gasteiger charge is -2.04. The fourth-order valence-corrected chi connectivity index (χ4v) is 4.86. The van der Waals surface area contributed by atoms with Crippen molar-refractivity contribution in [3.63, 3.8) is 0 Å². The molecular weight excluding hydrogens is 306 g/mol. The van der Waals surface area contributed by atoms with Gasteiger partial charge in [-0.15, -0.1) is 0 Å². The summed E-state index contributed by atoms with van der Waals surface area (Å²) in [5.41, 5.74) is 7.98. The molecule has 2 aromatic carbocycles. The lowest BCUT2D eigenvalue weighted by Crippen LogP contribution is -2.15. The van der Waals surface area contributed by atoms with Gasteiger partial charge in [-0.2, -0.15) is 0 Å². The van der Waals surface area contributed by atoms with Gasteiger partial charge in [0.2, 0.25) is 0 Å². The summed E-state index contributed by atoms with van der Waals surface area (Å²) in [5, 5.41) is 0.0762. The molecule has 1 saturated carbocycles. The van der Waals surface area contributed by atoms with Gasteiger partial charge >= 0.3 is 0 Å². The predicted molar refractivity (Wildman–Crippen MR) is 84.3 cm³/mol. The zero-order valence-electron chi connectivity index (χ0n) is 11.5. The smallest absolute Gasteiger partial charge is 0.183 e. The van der Waals surface area contributed by atoms with E-state index < -0.39 is 15.1 Å². The monoisotopic (exact) mass is 321 g/mol. The molecule has 0 aliphatic heterocycles. The second-order valence-corrected chi connectivity index (χ2v) is 8.02. The molecule has 1 aliphatic carbocycles. The van der Waals surface area contributed by atoms with Crippen LogP contribution in [0.3, 0.4) is 0 Å². The maximum Gasteiger partial charge on any atom is 0.183 e. The molecule has 3 atom stereocenters. The maximum absolute atomic E-state index is 12.7. The largest absolute Gasteiger partial charge is 0.326 e. The van der Waals surface area contributed by atoms with Gasteiger partial charge in [0.15, 0.2) is 9.84 Å². The van der Waals surface area contributed by atoms with Gasteiger partial charge in [0.05, 0.1) is 10.1 Å². The van der Waals surface area contributed by atoms with Crippen LogP contribution in [-0.4, -0.2) is 19.7 Å². The molecule has 5 heteroatoms. The third-order valence-corrected chi connectivity index (χ3v) is 6.48. The van der Waals surface area contributed by atoms with Crippen LogP contribution in [0.1, 0.15) is 17.0 Å². The first kappa shape index (κ1) is 14.6. The molecular formula is C16H16ClNO2S. The SMILES string of the molecule is Cc1ccc(S(=O)(=O)[C@@H]2[C@H](N)[C@@H]2c2ccc(Cl)cc2)cc1. The molecule has 0 spiro atoms. The van der Waals surface area contributed by atoms with E-state index in [4.69, 9.17) is 17.3 Å². The van der Waals surface area contributed by atoms with Gasteiger partial charge in [-0.3, -0.25) is 0 Å². The van der Waals surface area contributed by atoms with E-state index >= 15 is 0 Å². The summed E-state index contributed by atoms with van der Waals surface area (Å²) in [6.07, 6.45) is 0. The second-order valence-electron chi connectivity index (χ2n) is 5.48. The summed E-state index contributed by atoms with van der Waals surface area (Å²) < 4.78 is 25.3. The lowest BCUT2D eigenvalue weighted by molar-refractivity contribution is 0.593. The Morgan fingerprint density at radius 3 is 2.14 bits per heavy atom. The Labute approximate surface area is 129 Å². The number of hydrogen-bond donors (Lipinski definition) is 1. The summed E-state index contributed by atoms with van der Waals surface area (Å²) in [6.45, 7) is 1.93. The van der Waals surface area contributed by atoms with Crippen LogP contribution in [0.15, 0.2) is 53.4 Å². The molecule has 2 N–H and O–H groups in total. The van der Waals surface area contributed by atoms with Crippen LogP contribution in [0.4, 0.5) is 0 Å². The number of nitrogens with two attached hydrogens (primary N) is 1. The van der Waals surface area contributed by atoms with Crippen molar-refractivity contribution in [2.24, 2.45) is 5.73 Å². The van der Waals surface area contributed by atoms with E-state index in [1.165, 1.54) is 0 Å². The summed E-state index contributed by atoms with van der Waals surface area (Å²) in [4.78, 5) is 0.338. The number of rotatable bonds is 3. The molecule has 1 fully saturated rings. The van der Waals surface area contributed by atoms with Crippen molar-refractivity contribution in [3.8, 4) is 0 Å². The normalized spacial score (nSPS) is 24.8. The highest BCUT2D eigenvalue weighted by Crippen LogP contribution is 2.47. The zero-order valence-corrected chi connectivity index (χ0v) is 13.1. The van der Waals surface area contributed by atoms with E-state index in [0.717, 1.165) is 11.1 Å². The van der Waals surface area contributed by atoms with E-state index in [1.807, 2.05) is 19.1 Å². The summed E-state index contributed by atoms with van der Waals surface area (Å²) >= 11 is 5.86. The Bertz CT molecular complexity index is 754. The fourth-order valence-electron chi connectivity index (χ4n) is 2.69. The first-order chi connectivity index (χ1) is 9.91. The number of aryl methyl sites for hydroxylation is 1. The Morgan fingerprint density at radius 2 is 1.57 bits per heavy atom. The van der Waals surface area contributed by atoms with Crippen LogP contribution in [0.2, 0.25) is 5.02 Å². The van der Waals surface area contributed by atoms with Crippen molar-refractivity contribution in [2.75, 3.05) is 0 Å². The standard InChI is InChI=1S/C16H16ClNO2S/c1-10-2-8-13(9-3-10)21(19,20)16-14(15(16)18)11-4-6-12(17)7-5-11/h2-9,14-16H,18H2,1H3/t14-,15+,16-/m0/s1. The fraction of sp³-hybridized carbons (Fsp3) is 0.250. The van der Waals surface area contributed by atoms with Crippen molar-refractivity contribution >= 4 is 21.4 Å². The van der Waals surface area contributed by atoms with Gasteiger partial charge in [0.1, 0.15) is 0 Å². The van der Waals surface area contributed by atoms with E-state index in [2.05, 4.69) is 0 Å². The van der Waals surface area contributed by atoms with Crippen LogP contribution in [0.25, 0.3) is 0 Å². The second kappa shape index (κ2) is 5.13. The van der Waals surface area contributed by atoms with Gasteiger partial charge in [0.25, 0.3) is 0 Å². The third-order valence-electron chi connectivity index (χ3n) is 3.97. The van der Waals surface area contributed by atoms with Gasteiger partial charge in [-0.25, -0.2) is 8.42 Å². The van der Waals surface area contributed by atoms with Gasteiger partial charge in [-0.1, -0.05) is 41.4 Å². The van der Waals surface area contributed by atoms with Crippen LogP contribution in [-0.2, 0) is 9.84 Å². The number of halogens is 1. The Hall–Kier alpha value is -1.36. The Balaban J connectivity index is 1.91. The Kier molecular flexibility index (Phi) is 3.56. The molecule has 0 heterocycles. The molecule has 3 rings (SSSR count). The molecule has 0 bridgehead atoms. The minimum absolute atomic E-state index is 0.159. The first-order valence-electron chi connectivity index (χ1n) is 6.73. The molecule has 1 aliphatic rings. The molecule has 3 nitrogen and oxygen atoms in total. The molecule has 21 heavy (non-hydrogen) atoms. The minimum atomic E-state index is -3.40. The molecule has 0 radical (unpaired) electrons. The van der Waals surface area contributed by atoms with Crippen molar-refractivity contribution in [1.82, 2.24) is 0 Å². The third kappa shape index (κ3) is 2.59. The van der Waals surface area contributed by atoms with E-state index in [0.29, 0.717) is 9.92 Å². The molecule has 0 amide bonds. The van der Waals surface area contributed by atoms with Gasteiger partial charge in [-0.05, 0) is 36.8 Å². The predicted octanol–water partition coefficient (Wildman–Crippen LogP) is 2.92. The van der Waals surface area contributed by atoms with Crippen molar-refractivity contribution in [3.05, 3.63) is 64.7 Å². The van der Waals surface area contributed by atoms with Crippen LogP contribution < -0.4 is 5.73 Å². The number of hydrogen-bond acceptors (Lipinski definition) is 3. The minimum Gasteiger partial charge on any atom is -0.326 e. The molecule has 0 saturated heterocycles. The molecule has 110 valence electrons. The molecule has 0 aromatic heterocycles. The quantitative estimate of drug-likeness (QED) is 0.945.